The molecule has 9 nitrogen and oxygen atoms in total. The van der Waals surface area contributed by atoms with Crippen molar-refractivity contribution in [2.45, 2.75) is 0 Å². The molecule has 9 heteroatoms. The third-order valence-electron chi connectivity index (χ3n) is 4.67. The van der Waals surface area contributed by atoms with E-state index in [4.69, 9.17) is 4.98 Å². The second-order valence-corrected chi connectivity index (χ2v) is 6.71. The van der Waals surface area contributed by atoms with Gasteiger partial charge in [-0.2, -0.15) is 0 Å². The number of benzene rings is 3. The molecule has 31 heavy (non-hydrogen) atoms. The topological polar surface area (TPSA) is 111 Å². The molecular weight excluding hydrogens is 394 g/mol. The number of aromatic nitrogens is 4. The Morgan fingerprint density at radius 3 is 2.61 bits per heavy atom. The van der Waals surface area contributed by atoms with Crippen LogP contribution in [0.3, 0.4) is 0 Å². The van der Waals surface area contributed by atoms with Crippen LogP contribution in [-0.4, -0.2) is 30.7 Å². The van der Waals surface area contributed by atoms with Crippen LogP contribution in [0.4, 0.5) is 23.3 Å². The lowest BCUT2D eigenvalue weighted by Gasteiger charge is -2.10. The van der Waals surface area contributed by atoms with Crippen molar-refractivity contribution in [1.29, 1.82) is 0 Å². The zero-order chi connectivity index (χ0) is 21.2. The maximum absolute atomic E-state index is 11.0. The SMILES string of the molecule is O=[N+]([O-])c1cccc(/C=N/c2nnc3c4ccccc4nc(Nc4ccccc4)n23)c1. The molecule has 0 aliphatic rings. The van der Waals surface area contributed by atoms with Gasteiger partial charge in [-0.15, -0.1) is 10.2 Å². The summed E-state index contributed by atoms with van der Waals surface area (Å²) in [6.45, 7) is 0. The lowest BCUT2D eigenvalue weighted by Crippen LogP contribution is -2.02. The van der Waals surface area contributed by atoms with Gasteiger partial charge in [0.25, 0.3) is 11.6 Å². The molecule has 0 spiro atoms. The fraction of sp³-hybridized carbons (Fsp3) is 0. The molecule has 3 aromatic carbocycles. The largest absolute Gasteiger partial charge is 0.325 e. The molecule has 0 fully saturated rings. The van der Waals surface area contributed by atoms with Crippen molar-refractivity contribution < 1.29 is 4.92 Å². The number of nitro groups is 1. The highest BCUT2D eigenvalue weighted by molar-refractivity contribution is 5.93. The van der Waals surface area contributed by atoms with Gasteiger partial charge in [-0.25, -0.2) is 14.4 Å². The Kier molecular flexibility index (Phi) is 4.53. The van der Waals surface area contributed by atoms with E-state index < -0.39 is 4.92 Å². The van der Waals surface area contributed by atoms with Crippen LogP contribution < -0.4 is 5.32 Å². The van der Waals surface area contributed by atoms with Crippen LogP contribution in [0.1, 0.15) is 5.56 Å². The van der Waals surface area contributed by atoms with E-state index in [0.717, 1.165) is 16.6 Å². The van der Waals surface area contributed by atoms with E-state index in [1.165, 1.54) is 18.3 Å². The normalized spacial score (nSPS) is 11.4. The van der Waals surface area contributed by atoms with Gasteiger partial charge >= 0.3 is 0 Å². The quantitative estimate of drug-likeness (QED) is 0.256. The fourth-order valence-electron chi connectivity index (χ4n) is 3.24. The van der Waals surface area contributed by atoms with Crippen molar-refractivity contribution >= 4 is 46.0 Å². The fourth-order valence-corrected chi connectivity index (χ4v) is 3.24. The summed E-state index contributed by atoms with van der Waals surface area (Å²) >= 11 is 0. The second-order valence-electron chi connectivity index (χ2n) is 6.71. The third kappa shape index (κ3) is 3.55. The number of hydrogen-bond donors (Lipinski definition) is 1. The van der Waals surface area contributed by atoms with Crippen molar-refractivity contribution in [2.24, 2.45) is 4.99 Å². The van der Waals surface area contributed by atoms with Crippen molar-refractivity contribution in [2.75, 3.05) is 5.32 Å². The average Bonchev–Trinajstić information content (AvgIpc) is 3.23. The number of hydrogen-bond acceptors (Lipinski definition) is 7. The van der Waals surface area contributed by atoms with Crippen molar-refractivity contribution in [3.05, 3.63) is 94.5 Å². The molecule has 2 heterocycles. The molecule has 0 aliphatic heterocycles. The molecule has 0 atom stereocenters. The summed E-state index contributed by atoms with van der Waals surface area (Å²) in [5.41, 5.74) is 2.81. The highest BCUT2D eigenvalue weighted by Gasteiger charge is 2.15. The van der Waals surface area contributed by atoms with E-state index >= 15 is 0 Å². The van der Waals surface area contributed by atoms with Gasteiger partial charge in [0.1, 0.15) is 0 Å². The number of aliphatic imine (C=N–C) groups is 1. The van der Waals surface area contributed by atoms with E-state index in [9.17, 15) is 10.1 Å². The molecule has 0 saturated heterocycles. The molecule has 5 rings (SSSR count). The number of anilines is 2. The first kappa shape index (κ1) is 18.4. The summed E-state index contributed by atoms with van der Waals surface area (Å²) in [7, 11) is 0. The summed E-state index contributed by atoms with van der Waals surface area (Å²) in [5.74, 6) is 0.814. The Balaban J connectivity index is 1.64. The van der Waals surface area contributed by atoms with Crippen LogP contribution >= 0.6 is 0 Å². The first-order valence-electron chi connectivity index (χ1n) is 9.43. The highest BCUT2D eigenvalue weighted by Crippen LogP contribution is 2.26. The van der Waals surface area contributed by atoms with Crippen molar-refractivity contribution in [3.8, 4) is 0 Å². The number of rotatable bonds is 5. The van der Waals surface area contributed by atoms with E-state index in [-0.39, 0.29) is 5.69 Å². The number of non-ortho nitro benzene ring substituents is 1. The Bertz CT molecular complexity index is 1440. The molecule has 2 aromatic heterocycles. The standard InChI is InChI=1S/C22H15N7O2/c30-29(31)17-10-6-7-15(13-17)14-23-21-27-26-20-18-11-4-5-12-19(18)25-22(28(20)21)24-16-8-2-1-3-9-16/h1-14H,(H,24,25)/b23-14+. The molecule has 1 N–H and O–H groups in total. The van der Waals surface area contributed by atoms with Gasteiger partial charge < -0.3 is 5.32 Å². The maximum Gasteiger partial charge on any atom is 0.270 e. The van der Waals surface area contributed by atoms with E-state index in [2.05, 4.69) is 20.5 Å². The second kappa shape index (κ2) is 7.64. The minimum atomic E-state index is -0.443. The molecule has 0 aliphatic carbocycles. The first-order valence-corrected chi connectivity index (χ1v) is 9.43. The monoisotopic (exact) mass is 409 g/mol. The van der Waals surface area contributed by atoms with Gasteiger partial charge in [0.2, 0.25) is 5.95 Å². The number of nitro benzene ring substituents is 1. The Morgan fingerprint density at radius 2 is 1.77 bits per heavy atom. The minimum Gasteiger partial charge on any atom is -0.325 e. The highest BCUT2D eigenvalue weighted by atomic mass is 16.6. The number of fused-ring (bicyclic) bond motifs is 3. The Hall–Kier alpha value is -4.66. The summed E-state index contributed by atoms with van der Waals surface area (Å²) in [4.78, 5) is 19.7. The molecule has 0 bridgehead atoms. The van der Waals surface area contributed by atoms with Gasteiger partial charge in [-0.3, -0.25) is 10.1 Å². The average molecular weight is 409 g/mol. The van der Waals surface area contributed by atoms with Crippen molar-refractivity contribution in [1.82, 2.24) is 19.6 Å². The van der Waals surface area contributed by atoms with Crippen LogP contribution in [0.25, 0.3) is 16.6 Å². The van der Waals surface area contributed by atoms with Gasteiger partial charge in [0.15, 0.2) is 5.65 Å². The Morgan fingerprint density at radius 1 is 0.968 bits per heavy atom. The smallest absolute Gasteiger partial charge is 0.270 e. The predicted molar refractivity (Wildman–Crippen MR) is 118 cm³/mol. The van der Waals surface area contributed by atoms with E-state index in [0.29, 0.717) is 23.1 Å². The summed E-state index contributed by atoms with van der Waals surface area (Å²) < 4.78 is 1.73. The first-order chi connectivity index (χ1) is 15.2. The zero-order valence-corrected chi connectivity index (χ0v) is 16.1. The minimum absolute atomic E-state index is 0.00542. The number of para-hydroxylation sites is 2. The third-order valence-corrected chi connectivity index (χ3v) is 4.67. The van der Waals surface area contributed by atoms with E-state index in [1.54, 1.807) is 16.5 Å². The maximum atomic E-state index is 11.0. The summed E-state index contributed by atoms with van der Waals surface area (Å²) in [6, 6.07) is 23.5. The summed E-state index contributed by atoms with van der Waals surface area (Å²) in [5, 5.41) is 23.7. The van der Waals surface area contributed by atoms with Crippen LogP contribution in [0.5, 0.6) is 0 Å². The molecule has 0 amide bonds. The molecular formula is C22H15N7O2. The molecule has 0 unspecified atom stereocenters. The molecule has 0 saturated carbocycles. The molecule has 0 radical (unpaired) electrons. The predicted octanol–water partition coefficient (Wildman–Crippen LogP) is 4.68. The molecule has 5 aromatic rings. The van der Waals surface area contributed by atoms with Crippen LogP contribution in [0, 0.1) is 10.1 Å². The van der Waals surface area contributed by atoms with Crippen LogP contribution in [-0.2, 0) is 0 Å². The van der Waals surface area contributed by atoms with Gasteiger partial charge in [0, 0.05) is 29.4 Å². The van der Waals surface area contributed by atoms with Gasteiger partial charge in [0.05, 0.1) is 10.4 Å². The van der Waals surface area contributed by atoms with Crippen molar-refractivity contribution in [3.63, 3.8) is 0 Å². The van der Waals surface area contributed by atoms with Crippen LogP contribution in [0.15, 0.2) is 83.9 Å². The lowest BCUT2D eigenvalue weighted by atomic mass is 10.2. The Labute approximate surface area is 175 Å². The zero-order valence-electron chi connectivity index (χ0n) is 16.1. The number of nitrogens with one attached hydrogen (secondary N) is 1. The van der Waals surface area contributed by atoms with Crippen LogP contribution in [0.2, 0.25) is 0 Å². The van der Waals surface area contributed by atoms with Gasteiger partial charge in [-0.1, -0.05) is 42.5 Å². The molecule has 150 valence electrons. The van der Waals surface area contributed by atoms with E-state index in [1.807, 2.05) is 54.6 Å². The van der Waals surface area contributed by atoms with Gasteiger partial charge in [-0.05, 0) is 29.8 Å². The summed E-state index contributed by atoms with van der Waals surface area (Å²) in [6.07, 6.45) is 1.52. The lowest BCUT2D eigenvalue weighted by molar-refractivity contribution is -0.384. The number of nitrogens with zero attached hydrogens (tertiary/aromatic N) is 6.